The van der Waals surface area contributed by atoms with Gasteiger partial charge >= 0.3 is 0 Å². The molecule has 0 spiro atoms. The molecule has 0 heterocycles. The highest BCUT2D eigenvalue weighted by Crippen LogP contribution is 2.16. The van der Waals surface area contributed by atoms with Gasteiger partial charge in [0, 0.05) is 5.92 Å². The minimum atomic E-state index is -0.282. The molecule has 1 aromatic rings. The molecule has 1 atom stereocenters. The van der Waals surface area contributed by atoms with E-state index >= 15 is 0 Å². The second kappa shape index (κ2) is 5.72. The first-order chi connectivity index (χ1) is 7.13. The van der Waals surface area contributed by atoms with Crippen molar-refractivity contribution in [2.24, 2.45) is 5.92 Å². The van der Waals surface area contributed by atoms with Crippen LogP contribution in [-0.2, 0) is 11.2 Å². The maximum atomic E-state index is 11.1. The number of allylic oxidation sites excluding steroid dienone is 1. The van der Waals surface area contributed by atoms with Crippen molar-refractivity contribution in [1.29, 1.82) is 0 Å². The first kappa shape index (κ1) is 12.0. The maximum Gasteiger partial charge on any atom is 0.225 e. The van der Waals surface area contributed by atoms with Crippen LogP contribution in [0, 0.1) is 12.8 Å². The van der Waals surface area contributed by atoms with Gasteiger partial charge in [0.2, 0.25) is 5.24 Å². The lowest BCUT2D eigenvalue weighted by Crippen LogP contribution is -2.11. The summed E-state index contributed by atoms with van der Waals surface area (Å²) < 4.78 is 0. The van der Waals surface area contributed by atoms with Gasteiger partial charge in [0.25, 0.3) is 0 Å². The zero-order chi connectivity index (χ0) is 11.3. The molecule has 0 aliphatic carbocycles. The molecule has 0 radical (unpaired) electrons. The summed E-state index contributed by atoms with van der Waals surface area (Å²) in [5.74, 6) is -0.146. The summed E-state index contributed by atoms with van der Waals surface area (Å²) >= 11 is 5.52. The summed E-state index contributed by atoms with van der Waals surface area (Å²) in [5.41, 5.74) is 2.36. The van der Waals surface area contributed by atoms with E-state index in [0.29, 0.717) is 12.8 Å². The van der Waals surface area contributed by atoms with Crippen molar-refractivity contribution < 1.29 is 4.79 Å². The summed E-state index contributed by atoms with van der Waals surface area (Å²) in [6.45, 7) is 5.67. The highest BCUT2D eigenvalue weighted by Gasteiger charge is 2.14. The summed E-state index contributed by atoms with van der Waals surface area (Å²) in [4.78, 5) is 11.1. The Hall–Kier alpha value is -1.08. The molecule has 0 N–H and O–H groups in total. The fourth-order valence-electron chi connectivity index (χ4n) is 1.47. The van der Waals surface area contributed by atoms with E-state index in [4.69, 9.17) is 11.6 Å². The standard InChI is InChI=1S/C13H15ClO/c1-3-4-12(13(14)15)9-11-7-5-10(2)6-8-11/h3,5-8,12H,1,4,9H2,2H3. The Balaban J connectivity index is 2.69. The van der Waals surface area contributed by atoms with Gasteiger partial charge in [-0.1, -0.05) is 35.9 Å². The van der Waals surface area contributed by atoms with Crippen molar-refractivity contribution in [3.05, 3.63) is 48.0 Å². The van der Waals surface area contributed by atoms with Crippen LogP contribution in [0.3, 0.4) is 0 Å². The zero-order valence-electron chi connectivity index (χ0n) is 8.87. The predicted octanol–water partition coefficient (Wildman–Crippen LogP) is 3.50. The van der Waals surface area contributed by atoms with E-state index in [1.54, 1.807) is 6.08 Å². The maximum absolute atomic E-state index is 11.1. The third-order valence-electron chi connectivity index (χ3n) is 2.37. The molecule has 0 bridgehead atoms. The van der Waals surface area contributed by atoms with Crippen molar-refractivity contribution in [2.75, 3.05) is 0 Å². The van der Waals surface area contributed by atoms with Crippen LogP contribution in [0.4, 0.5) is 0 Å². The molecule has 0 aliphatic heterocycles. The van der Waals surface area contributed by atoms with E-state index < -0.39 is 0 Å². The Bertz CT molecular complexity index is 340. The molecule has 2 heteroatoms. The molecule has 1 nitrogen and oxygen atoms in total. The smallest absolute Gasteiger partial charge is 0.225 e. The van der Waals surface area contributed by atoms with Crippen LogP contribution in [0.15, 0.2) is 36.9 Å². The summed E-state index contributed by atoms with van der Waals surface area (Å²) in [6.07, 6.45) is 3.06. The molecule has 0 aromatic heterocycles. The van der Waals surface area contributed by atoms with Crippen LogP contribution in [0.2, 0.25) is 0 Å². The first-order valence-corrected chi connectivity index (χ1v) is 5.37. The van der Waals surface area contributed by atoms with Gasteiger partial charge in [0.15, 0.2) is 0 Å². The Kier molecular flexibility index (Phi) is 4.57. The quantitative estimate of drug-likeness (QED) is 0.551. The lowest BCUT2D eigenvalue weighted by Gasteiger charge is -2.09. The first-order valence-electron chi connectivity index (χ1n) is 4.99. The number of rotatable bonds is 5. The molecule has 0 fully saturated rings. The van der Waals surface area contributed by atoms with Gasteiger partial charge in [-0.2, -0.15) is 0 Å². The predicted molar refractivity (Wildman–Crippen MR) is 64.0 cm³/mol. The Morgan fingerprint density at radius 2 is 2.07 bits per heavy atom. The van der Waals surface area contributed by atoms with Crippen LogP contribution >= 0.6 is 11.6 Å². The van der Waals surface area contributed by atoms with Crippen LogP contribution in [0.25, 0.3) is 0 Å². The number of hydrogen-bond donors (Lipinski definition) is 0. The van der Waals surface area contributed by atoms with Gasteiger partial charge in [-0.15, -0.1) is 6.58 Å². The largest absolute Gasteiger partial charge is 0.281 e. The minimum Gasteiger partial charge on any atom is -0.281 e. The molecule has 0 saturated carbocycles. The van der Waals surface area contributed by atoms with Gasteiger partial charge in [-0.25, -0.2) is 0 Å². The molecule has 1 rings (SSSR count). The summed E-state index contributed by atoms with van der Waals surface area (Å²) in [7, 11) is 0. The van der Waals surface area contributed by atoms with Gasteiger partial charge in [-0.3, -0.25) is 4.79 Å². The van der Waals surface area contributed by atoms with Crippen molar-refractivity contribution in [1.82, 2.24) is 0 Å². The van der Waals surface area contributed by atoms with Crippen molar-refractivity contribution in [3.8, 4) is 0 Å². The van der Waals surface area contributed by atoms with Gasteiger partial charge < -0.3 is 0 Å². The van der Waals surface area contributed by atoms with Gasteiger partial charge in [0.1, 0.15) is 0 Å². The molecular weight excluding hydrogens is 208 g/mol. The monoisotopic (exact) mass is 222 g/mol. The van der Waals surface area contributed by atoms with Crippen LogP contribution in [0.5, 0.6) is 0 Å². The number of carbonyl (C=O) groups is 1. The van der Waals surface area contributed by atoms with Crippen molar-refractivity contribution in [2.45, 2.75) is 19.8 Å². The van der Waals surface area contributed by atoms with Crippen molar-refractivity contribution >= 4 is 16.8 Å². The molecule has 80 valence electrons. The van der Waals surface area contributed by atoms with E-state index in [1.807, 2.05) is 31.2 Å². The molecule has 0 saturated heterocycles. The highest BCUT2D eigenvalue weighted by molar-refractivity contribution is 6.64. The molecule has 15 heavy (non-hydrogen) atoms. The topological polar surface area (TPSA) is 17.1 Å². The Morgan fingerprint density at radius 3 is 2.53 bits per heavy atom. The second-order valence-electron chi connectivity index (χ2n) is 3.72. The number of aryl methyl sites for hydroxylation is 1. The van der Waals surface area contributed by atoms with Gasteiger partial charge in [0.05, 0.1) is 0 Å². The zero-order valence-corrected chi connectivity index (χ0v) is 9.63. The number of benzene rings is 1. The molecule has 0 aliphatic rings. The normalized spacial score (nSPS) is 12.1. The lowest BCUT2D eigenvalue weighted by atomic mass is 9.97. The van der Waals surface area contributed by atoms with Crippen LogP contribution in [-0.4, -0.2) is 5.24 Å². The Labute approximate surface area is 95.8 Å². The lowest BCUT2D eigenvalue weighted by molar-refractivity contribution is -0.115. The number of carbonyl (C=O) groups excluding carboxylic acids is 1. The van der Waals surface area contributed by atoms with Gasteiger partial charge in [-0.05, 0) is 36.9 Å². The fraction of sp³-hybridized carbons (Fsp3) is 0.308. The average Bonchev–Trinajstić information content (AvgIpc) is 2.20. The molecular formula is C13H15ClO. The SMILES string of the molecule is C=CCC(Cc1ccc(C)cc1)C(=O)Cl. The Morgan fingerprint density at radius 1 is 1.47 bits per heavy atom. The van der Waals surface area contributed by atoms with E-state index in [1.165, 1.54) is 5.56 Å². The van der Waals surface area contributed by atoms with E-state index in [2.05, 4.69) is 6.58 Å². The highest BCUT2D eigenvalue weighted by atomic mass is 35.5. The summed E-state index contributed by atoms with van der Waals surface area (Å²) in [6, 6.07) is 8.15. The van der Waals surface area contributed by atoms with Crippen LogP contribution < -0.4 is 0 Å². The van der Waals surface area contributed by atoms with Crippen LogP contribution in [0.1, 0.15) is 17.5 Å². The number of hydrogen-bond acceptors (Lipinski definition) is 1. The third kappa shape index (κ3) is 3.88. The van der Waals surface area contributed by atoms with E-state index in [0.717, 1.165) is 5.56 Å². The third-order valence-corrected chi connectivity index (χ3v) is 2.68. The van der Waals surface area contributed by atoms with E-state index in [-0.39, 0.29) is 11.2 Å². The fourth-order valence-corrected chi connectivity index (χ4v) is 1.63. The molecule has 1 aromatic carbocycles. The van der Waals surface area contributed by atoms with Crippen molar-refractivity contribution in [3.63, 3.8) is 0 Å². The molecule has 0 amide bonds. The van der Waals surface area contributed by atoms with E-state index in [9.17, 15) is 4.79 Å². The summed E-state index contributed by atoms with van der Waals surface area (Å²) in [5, 5.41) is -0.282. The minimum absolute atomic E-state index is 0.146. The molecule has 1 unspecified atom stereocenters. The number of halogens is 1. The second-order valence-corrected chi connectivity index (χ2v) is 4.09. The average molecular weight is 223 g/mol.